The Labute approximate surface area is 120 Å². The van der Waals surface area contributed by atoms with Gasteiger partial charge in [-0.15, -0.1) is 0 Å². The Balaban J connectivity index is 2.30. The lowest BCUT2D eigenvalue weighted by atomic mass is 9.93. The van der Waals surface area contributed by atoms with Crippen LogP contribution in [0.15, 0.2) is 23.1 Å². The molecule has 3 N–H and O–H groups in total. The van der Waals surface area contributed by atoms with E-state index in [4.69, 9.17) is 10.8 Å². The first-order chi connectivity index (χ1) is 9.46. The van der Waals surface area contributed by atoms with Crippen LogP contribution in [0, 0.1) is 6.92 Å². The minimum Gasteiger partial charge on any atom is -0.398 e. The van der Waals surface area contributed by atoms with Crippen molar-refractivity contribution in [2.45, 2.75) is 43.5 Å². The molecule has 5 nitrogen and oxygen atoms in total. The Hall–Kier alpha value is -1.11. The van der Waals surface area contributed by atoms with E-state index in [0.29, 0.717) is 18.7 Å². The lowest BCUT2D eigenvalue weighted by molar-refractivity contribution is 0.198. The molecule has 1 aliphatic rings. The average molecular weight is 298 g/mol. The monoisotopic (exact) mass is 298 g/mol. The van der Waals surface area contributed by atoms with Crippen LogP contribution in [0.25, 0.3) is 0 Å². The predicted octanol–water partition coefficient (Wildman–Crippen LogP) is 1.50. The highest BCUT2D eigenvalue weighted by atomic mass is 32.2. The average Bonchev–Trinajstić information content (AvgIpc) is 2.35. The molecular weight excluding hydrogens is 276 g/mol. The Bertz CT molecular complexity index is 568. The van der Waals surface area contributed by atoms with E-state index >= 15 is 0 Å². The topological polar surface area (TPSA) is 83.6 Å². The smallest absolute Gasteiger partial charge is 0.243 e. The molecule has 1 aromatic carbocycles. The van der Waals surface area contributed by atoms with Gasteiger partial charge in [0.05, 0.1) is 4.90 Å². The van der Waals surface area contributed by atoms with Crippen molar-refractivity contribution in [3.63, 3.8) is 0 Å². The van der Waals surface area contributed by atoms with Crippen molar-refractivity contribution < 1.29 is 13.5 Å². The van der Waals surface area contributed by atoms with Crippen LogP contribution in [-0.2, 0) is 10.0 Å². The van der Waals surface area contributed by atoms with E-state index in [1.165, 1.54) is 10.4 Å². The summed E-state index contributed by atoms with van der Waals surface area (Å²) < 4.78 is 27.0. The van der Waals surface area contributed by atoms with Gasteiger partial charge in [0.2, 0.25) is 10.0 Å². The molecule has 1 aromatic rings. The quantitative estimate of drug-likeness (QED) is 0.780. The number of aliphatic hydroxyl groups is 1. The number of nitrogens with zero attached hydrogens (tertiary/aromatic N) is 1. The second-order valence-electron chi connectivity index (χ2n) is 5.30. The Morgan fingerprint density at radius 2 is 2.10 bits per heavy atom. The number of aliphatic hydroxyl groups excluding tert-OH is 1. The van der Waals surface area contributed by atoms with Crippen LogP contribution in [0.3, 0.4) is 0 Å². The standard InChI is InChI=1S/C14H22N2O3S/c1-11-6-7-13(10-14(11)15)20(18,19)16(8-3-9-17)12-4-2-5-12/h6-7,10,12,17H,2-5,8-9,15H2,1H3. The molecule has 0 aliphatic heterocycles. The van der Waals surface area contributed by atoms with Gasteiger partial charge in [0.1, 0.15) is 0 Å². The second kappa shape index (κ2) is 6.11. The summed E-state index contributed by atoms with van der Waals surface area (Å²) in [7, 11) is -3.53. The molecule has 0 aromatic heterocycles. The van der Waals surface area contributed by atoms with E-state index < -0.39 is 10.0 Å². The Morgan fingerprint density at radius 1 is 1.40 bits per heavy atom. The van der Waals surface area contributed by atoms with Gasteiger partial charge in [0.15, 0.2) is 0 Å². The summed E-state index contributed by atoms with van der Waals surface area (Å²) in [6, 6.07) is 4.92. The number of anilines is 1. The number of nitrogens with two attached hydrogens (primary N) is 1. The van der Waals surface area contributed by atoms with Crippen molar-refractivity contribution in [1.29, 1.82) is 0 Å². The van der Waals surface area contributed by atoms with Gasteiger partial charge < -0.3 is 10.8 Å². The van der Waals surface area contributed by atoms with Gasteiger partial charge in [0.25, 0.3) is 0 Å². The van der Waals surface area contributed by atoms with Crippen molar-refractivity contribution >= 4 is 15.7 Å². The predicted molar refractivity (Wildman–Crippen MR) is 78.8 cm³/mol. The van der Waals surface area contributed by atoms with Gasteiger partial charge in [-0.25, -0.2) is 8.42 Å². The molecule has 0 atom stereocenters. The van der Waals surface area contributed by atoms with Gasteiger partial charge in [-0.1, -0.05) is 12.5 Å². The third-order valence-corrected chi connectivity index (χ3v) is 5.82. The van der Waals surface area contributed by atoms with Crippen LogP contribution in [0.5, 0.6) is 0 Å². The maximum absolute atomic E-state index is 12.7. The van der Waals surface area contributed by atoms with Gasteiger partial charge in [-0.2, -0.15) is 4.31 Å². The molecule has 0 radical (unpaired) electrons. The maximum Gasteiger partial charge on any atom is 0.243 e. The molecule has 1 saturated carbocycles. The first kappa shape index (κ1) is 15.3. The summed E-state index contributed by atoms with van der Waals surface area (Å²) in [6.07, 6.45) is 3.31. The van der Waals surface area contributed by atoms with Crippen LogP contribution in [0.4, 0.5) is 5.69 Å². The summed E-state index contributed by atoms with van der Waals surface area (Å²) in [5.41, 5.74) is 7.17. The third kappa shape index (κ3) is 2.97. The van der Waals surface area contributed by atoms with Gasteiger partial charge >= 0.3 is 0 Å². The van der Waals surface area contributed by atoms with Crippen molar-refractivity contribution in [2.24, 2.45) is 0 Å². The molecule has 2 rings (SSSR count). The first-order valence-corrected chi connectivity index (χ1v) is 8.39. The summed E-state index contributed by atoms with van der Waals surface area (Å²) in [6.45, 7) is 2.20. The zero-order valence-corrected chi connectivity index (χ0v) is 12.6. The van der Waals surface area contributed by atoms with Gasteiger partial charge in [0, 0.05) is 24.9 Å². The largest absolute Gasteiger partial charge is 0.398 e. The highest BCUT2D eigenvalue weighted by molar-refractivity contribution is 7.89. The highest BCUT2D eigenvalue weighted by Crippen LogP contribution is 2.31. The molecule has 0 saturated heterocycles. The fraction of sp³-hybridized carbons (Fsp3) is 0.571. The lowest BCUT2D eigenvalue weighted by Crippen LogP contribution is -2.44. The number of nitrogen functional groups attached to an aromatic ring is 1. The zero-order chi connectivity index (χ0) is 14.8. The number of aryl methyl sites for hydroxylation is 1. The first-order valence-electron chi connectivity index (χ1n) is 6.95. The molecule has 0 amide bonds. The zero-order valence-electron chi connectivity index (χ0n) is 11.7. The molecule has 6 heteroatoms. The van der Waals surface area contributed by atoms with Crippen molar-refractivity contribution in [1.82, 2.24) is 4.31 Å². The van der Waals surface area contributed by atoms with Crippen LogP contribution >= 0.6 is 0 Å². The molecule has 0 unspecified atom stereocenters. The van der Waals surface area contributed by atoms with Crippen molar-refractivity contribution in [3.05, 3.63) is 23.8 Å². The number of sulfonamides is 1. The molecule has 20 heavy (non-hydrogen) atoms. The van der Waals surface area contributed by atoms with Crippen LogP contribution in [-0.4, -0.2) is 37.0 Å². The van der Waals surface area contributed by atoms with Crippen molar-refractivity contribution in [2.75, 3.05) is 18.9 Å². The maximum atomic E-state index is 12.7. The SMILES string of the molecule is Cc1ccc(S(=O)(=O)N(CCCO)C2CCC2)cc1N. The normalized spacial score (nSPS) is 16.4. The van der Waals surface area contributed by atoms with Crippen LogP contribution in [0.2, 0.25) is 0 Å². The minimum absolute atomic E-state index is 0.00518. The molecule has 112 valence electrons. The molecular formula is C14H22N2O3S. The minimum atomic E-state index is -3.53. The van der Waals surface area contributed by atoms with Crippen LogP contribution in [0.1, 0.15) is 31.2 Å². The molecule has 0 heterocycles. The number of hydrogen-bond acceptors (Lipinski definition) is 4. The fourth-order valence-corrected chi connectivity index (χ4v) is 4.07. The Kier molecular flexibility index (Phi) is 4.67. The summed E-state index contributed by atoms with van der Waals surface area (Å²) in [5, 5.41) is 8.96. The molecule has 1 aliphatic carbocycles. The Morgan fingerprint density at radius 3 is 2.60 bits per heavy atom. The summed E-state index contributed by atoms with van der Waals surface area (Å²) >= 11 is 0. The number of hydrogen-bond donors (Lipinski definition) is 2. The van der Waals surface area contributed by atoms with Crippen molar-refractivity contribution in [3.8, 4) is 0 Å². The summed E-state index contributed by atoms with van der Waals surface area (Å²) in [5.74, 6) is 0. The molecule has 0 bridgehead atoms. The highest BCUT2D eigenvalue weighted by Gasteiger charge is 2.34. The van der Waals surface area contributed by atoms with E-state index in [9.17, 15) is 8.42 Å². The number of benzene rings is 1. The van der Waals surface area contributed by atoms with Gasteiger partial charge in [-0.3, -0.25) is 0 Å². The fourth-order valence-electron chi connectivity index (χ4n) is 2.31. The van der Waals surface area contributed by atoms with E-state index in [1.54, 1.807) is 12.1 Å². The summed E-state index contributed by atoms with van der Waals surface area (Å²) in [4.78, 5) is 0.241. The number of rotatable bonds is 6. The van der Waals surface area contributed by atoms with E-state index in [0.717, 1.165) is 24.8 Å². The molecule has 0 spiro atoms. The third-order valence-electron chi connectivity index (χ3n) is 3.88. The lowest BCUT2D eigenvalue weighted by Gasteiger charge is -2.36. The van der Waals surface area contributed by atoms with Gasteiger partial charge in [-0.05, 0) is 43.9 Å². The second-order valence-corrected chi connectivity index (χ2v) is 7.19. The van der Waals surface area contributed by atoms with Crippen LogP contribution < -0.4 is 5.73 Å². The van der Waals surface area contributed by atoms with E-state index in [2.05, 4.69) is 0 Å². The van der Waals surface area contributed by atoms with E-state index in [-0.39, 0.29) is 17.5 Å². The molecule has 1 fully saturated rings. The van der Waals surface area contributed by atoms with E-state index in [1.807, 2.05) is 6.92 Å².